The van der Waals surface area contributed by atoms with E-state index in [1.54, 1.807) is 18.5 Å². The lowest BCUT2D eigenvalue weighted by molar-refractivity contribution is 0.746. The highest BCUT2D eigenvalue weighted by Gasteiger charge is 1.91. The largest absolute Gasteiger partial charge is 0.329 e. The maximum atomic E-state index is 11.0. The van der Waals surface area contributed by atoms with E-state index in [1.807, 2.05) is 36.4 Å². The summed E-state index contributed by atoms with van der Waals surface area (Å²) in [6, 6.07) is 13.2. The lowest BCUT2D eigenvalue weighted by Crippen LogP contribution is -2.10. The lowest BCUT2D eigenvalue weighted by atomic mass is 10.2. The number of aromatic amines is 1. The smallest absolute Gasteiger partial charge is 0.248 e. The molecule has 0 spiro atoms. The zero-order chi connectivity index (χ0) is 11.9. The molecular weight excluding hydrogens is 214 g/mol. The SMILES string of the molecule is O=c1cc(CNN=Cc2ccccc2)cc[nH]1. The van der Waals surface area contributed by atoms with Gasteiger partial charge in [0.25, 0.3) is 0 Å². The van der Waals surface area contributed by atoms with Gasteiger partial charge in [0.1, 0.15) is 0 Å². The summed E-state index contributed by atoms with van der Waals surface area (Å²) in [7, 11) is 0. The fourth-order valence-electron chi connectivity index (χ4n) is 1.40. The number of aromatic nitrogens is 1. The Bertz CT molecular complexity index is 546. The standard InChI is InChI=1S/C13H13N3O/c17-13-8-12(6-7-14-13)10-16-15-9-11-4-2-1-3-5-11/h1-9,16H,10H2,(H,14,17). The van der Waals surface area contributed by atoms with Crippen LogP contribution < -0.4 is 11.0 Å². The third-order valence-electron chi connectivity index (χ3n) is 2.23. The minimum atomic E-state index is -0.101. The Morgan fingerprint density at radius 2 is 2.06 bits per heavy atom. The van der Waals surface area contributed by atoms with Crippen molar-refractivity contribution >= 4 is 6.21 Å². The van der Waals surface area contributed by atoms with Gasteiger partial charge in [0.15, 0.2) is 0 Å². The molecule has 0 amide bonds. The van der Waals surface area contributed by atoms with Crippen molar-refractivity contribution in [3.8, 4) is 0 Å². The number of hydrazone groups is 1. The molecule has 0 saturated heterocycles. The molecule has 0 radical (unpaired) electrons. The Hall–Kier alpha value is -2.36. The van der Waals surface area contributed by atoms with Gasteiger partial charge in [0.2, 0.25) is 5.56 Å². The van der Waals surface area contributed by atoms with Crippen molar-refractivity contribution in [2.45, 2.75) is 6.54 Å². The van der Waals surface area contributed by atoms with Crippen LogP contribution in [0.25, 0.3) is 0 Å². The summed E-state index contributed by atoms with van der Waals surface area (Å²) in [5.74, 6) is 0. The first-order valence-electron chi connectivity index (χ1n) is 5.33. The van der Waals surface area contributed by atoms with E-state index < -0.39 is 0 Å². The first-order chi connectivity index (χ1) is 8.34. The summed E-state index contributed by atoms with van der Waals surface area (Å²) in [4.78, 5) is 13.6. The summed E-state index contributed by atoms with van der Waals surface area (Å²) in [6.45, 7) is 0.535. The molecule has 1 aromatic heterocycles. The average molecular weight is 227 g/mol. The van der Waals surface area contributed by atoms with Gasteiger partial charge in [-0.2, -0.15) is 5.10 Å². The highest BCUT2D eigenvalue weighted by atomic mass is 16.1. The van der Waals surface area contributed by atoms with Crippen molar-refractivity contribution < 1.29 is 0 Å². The Balaban J connectivity index is 1.88. The molecule has 4 heteroatoms. The molecule has 1 heterocycles. The van der Waals surface area contributed by atoms with Gasteiger partial charge in [0, 0.05) is 12.3 Å². The molecule has 0 atom stereocenters. The first kappa shape index (κ1) is 11.1. The van der Waals surface area contributed by atoms with Gasteiger partial charge in [0.05, 0.1) is 12.8 Å². The van der Waals surface area contributed by atoms with Crippen LogP contribution in [-0.4, -0.2) is 11.2 Å². The Labute approximate surface area is 99.0 Å². The Morgan fingerprint density at radius 1 is 1.24 bits per heavy atom. The van der Waals surface area contributed by atoms with Crippen LogP contribution in [0.3, 0.4) is 0 Å². The molecule has 1 aromatic carbocycles. The molecule has 0 saturated carbocycles. The van der Waals surface area contributed by atoms with E-state index >= 15 is 0 Å². The second kappa shape index (κ2) is 5.65. The number of pyridine rings is 1. The number of hydrogen-bond acceptors (Lipinski definition) is 3. The van der Waals surface area contributed by atoms with E-state index in [0.717, 1.165) is 11.1 Å². The van der Waals surface area contributed by atoms with Crippen molar-refractivity contribution in [1.82, 2.24) is 10.4 Å². The Kier molecular flexibility index (Phi) is 3.70. The molecule has 0 aliphatic heterocycles. The van der Waals surface area contributed by atoms with E-state index in [9.17, 15) is 4.79 Å². The van der Waals surface area contributed by atoms with Gasteiger partial charge >= 0.3 is 0 Å². The van der Waals surface area contributed by atoms with Crippen molar-refractivity contribution in [3.05, 3.63) is 70.1 Å². The molecule has 17 heavy (non-hydrogen) atoms. The highest BCUT2D eigenvalue weighted by Crippen LogP contribution is 1.94. The van der Waals surface area contributed by atoms with Gasteiger partial charge < -0.3 is 10.4 Å². The molecule has 2 aromatic rings. The van der Waals surface area contributed by atoms with Crippen LogP contribution in [0.1, 0.15) is 11.1 Å². The number of benzene rings is 1. The Morgan fingerprint density at radius 3 is 2.82 bits per heavy atom. The fraction of sp³-hybridized carbons (Fsp3) is 0.0769. The number of hydrogen-bond donors (Lipinski definition) is 2. The molecule has 0 aliphatic rings. The van der Waals surface area contributed by atoms with E-state index in [4.69, 9.17) is 0 Å². The minimum Gasteiger partial charge on any atom is -0.329 e. The van der Waals surface area contributed by atoms with Crippen LogP contribution >= 0.6 is 0 Å². The zero-order valence-corrected chi connectivity index (χ0v) is 9.26. The fourth-order valence-corrected chi connectivity index (χ4v) is 1.40. The van der Waals surface area contributed by atoms with Crippen LogP contribution in [-0.2, 0) is 6.54 Å². The van der Waals surface area contributed by atoms with Crippen LogP contribution in [0.15, 0.2) is 58.6 Å². The zero-order valence-electron chi connectivity index (χ0n) is 9.26. The van der Waals surface area contributed by atoms with E-state index in [0.29, 0.717) is 6.54 Å². The number of nitrogens with zero attached hydrogens (tertiary/aromatic N) is 1. The number of nitrogens with one attached hydrogen (secondary N) is 2. The van der Waals surface area contributed by atoms with Crippen LogP contribution in [0, 0.1) is 0 Å². The number of rotatable bonds is 4. The summed E-state index contributed by atoms with van der Waals surface area (Å²) in [6.07, 6.45) is 3.37. The number of H-pyrrole nitrogens is 1. The topological polar surface area (TPSA) is 57.2 Å². The highest BCUT2D eigenvalue weighted by molar-refractivity contribution is 5.79. The summed E-state index contributed by atoms with van der Waals surface area (Å²) in [5, 5.41) is 4.08. The predicted molar refractivity (Wildman–Crippen MR) is 67.9 cm³/mol. The molecule has 0 fully saturated rings. The molecule has 86 valence electrons. The predicted octanol–water partition coefficient (Wildman–Crippen LogP) is 1.50. The monoisotopic (exact) mass is 227 g/mol. The lowest BCUT2D eigenvalue weighted by Gasteiger charge is -1.99. The molecule has 0 unspecified atom stereocenters. The van der Waals surface area contributed by atoms with Gasteiger partial charge in [-0.15, -0.1) is 0 Å². The third kappa shape index (κ3) is 3.61. The summed E-state index contributed by atoms with van der Waals surface area (Å²) in [5.41, 5.74) is 4.73. The van der Waals surface area contributed by atoms with Crippen LogP contribution in [0.4, 0.5) is 0 Å². The maximum Gasteiger partial charge on any atom is 0.248 e. The van der Waals surface area contributed by atoms with Crippen LogP contribution in [0.5, 0.6) is 0 Å². The van der Waals surface area contributed by atoms with Crippen molar-refractivity contribution in [2.24, 2.45) is 5.10 Å². The van der Waals surface area contributed by atoms with E-state index in [2.05, 4.69) is 15.5 Å². The molecule has 2 rings (SSSR count). The van der Waals surface area contributed by atoms with Crippen LogP contribution in [0.2, 0.25) is 0 Å². The molecule has 0 bridgehead atoms. The third-order valence-corrected chi connectivity index (χ3v) is 2.23. The molecule has 0 aliphatic carbocycles. The van der Waals surface area contributed by atoms with E-state index in [-0.39, 0.29) is 5.56 Å². The normalized spacial score (nSPS) is 10.6. The maximum absolute atomic E-state index is 11.0. The van der Waals surface area contributed by atoms with Gasteiger partial charge in [-0.05, 0) is 17.2 Å². The first-order valence-corrected chi connectivity index (χ1v) is 5.33. The molecule has 2 N–H and O–H groups in total. The second-order valence-electron chi connectivity index (χ2n) is 3.56. The van der Waals surface area contributed by atoms with Crippen molar-refractivity contribution in [1.29, 1.82) is 0 Å². The van der Waals surface area contributed by atoms with Gasteiger partial charge in [-0.1, -0.05) is 30.3 Å². The average Bonchev–Trinajstić information content (AvgIpc) is 2.36. The van der Waals surface area contributed by atoms with Crippen molar-refractivity contribution in [2.75, 3.05) is 0 Å². The van der Waals surface area contributed by atoms with Gasteiger partial charge in [-0.25, -0.2) is 0 Å². The second-order valence-corrected chi connectivity index (χ2v) is 3.56. The quantitative estimate of drug-likeness (QED) is 0.614. The van der Waals surface area contributed by atoms with Crippen molar-refractivity contribution in [3.63, 3.8) is 0 Å². The summed E-state index contributed by atoms with van der Waals surface area (Å²) < 4.78 is 0. The minimum absolute atomic E-state index is 0.101. The van der Waals surface area contributed by atoms with E-state index in [1.165, 1.54) is 0 Å². The molecule has 4 nitrogen and oxygen atoms in total. The summed E-state index contributed by atoms with van der Waals surface area (Å²) >= 11 is 0. The van der Waals surface area contributed by atoms with Gasteiger partial charge in [-0.3, -0.25) is 4.79 Å². The molecular formula is C13H13N3O.